The van der Waals surface area contributed by atoms with Crippen LogP contribution in [0.4, 0.5) is 5.69 Å². The number of hydrazone groups is 1. The van der Waals surface area contributed by atoms with Crippen LogP contribution in [-0.2, 0) is 10.0 Å². The van der Waals surface area contributed by atoms with Crippen LogP contribution in [0.1, 0.15) is 15.9 Å². The van der Waals surface area contributed by atoms with Crippen molar-refractivity contribution in [1.82, 2.24) is 10.4 Å². The summed E-state index contributed by atoms with van der Waals surface area (Å²) in [5.41, 5.74) is 4.38. The molecule has 0 aliphatic heterocycles. The molecule has 0 spiro atoms. The minimum Gasteiger partial charge on any atom is -0.497 e. The van der Waals surface area contributed by atoms with Gasteiger partial charge in [-0.25, -0.2) is 18.8 Å². The van der Waals surface area contributed by atoms with Gasteiger partial charge in [-0.05, 0) is 54.6 Å². The highest BCUT2D eigenvalue weighted by Gasteiger charge is 2.21. The molecule has 8 nitrogen and oxygen atoms in total. The minimum absolute atomic E-state index is 0.180. The Balaban J connectivity index is 1.45. The molecule has 0 atom stereocenters. The smallest absolute Gasteiger partial charge is 0.271 e. The topological polar surface area (TPSA) is 101 Å². The maximum Gasteiger partial charge on any atom is 0.271 e. The Labute approximate surface area is 207 Å². The first kappa shape index (κ1) is 24.2. The van der Waals surface area contributed by atoms with E-state index >= 15 is 0 Å². The van der Waals surface area contributed by atoms with Gasteiger partial charge in [-0.15, -0.1) is 0 Å². The van der Waals surface area contributed by atoms with Crippen LogP contribution in [0.2, 0.25) is 5.15 Å². The number of ether oxygens (including phenoxy) is 1. The van der Waals surface area contributed by atoms with Crippen LogP contribution >= 0.6 is 11.6 Å². The zero-order valence-electron chi connectivity index (χ0n) is 18.8. The number of amides is 1. The number of sulfonamides is 1. The fourth-order valence-corrected chi connectivity index (χ4v) is 4.71. The van der Waals surface area contributed by atoms with Crippen LogP contribution in [0.25, 0.3) is 10.9 Å². The average molecular weight is 509 g/mol. The maximum atomic E-state index is 12.8. The van der Waals surface area contributed by atoms with Crippen LogP contribution in [0.3, 0.4) is 0 Å². The van der Waals surface area contributed by atoms with Crippen LogP contribution < -0.4 is 14.5 Å². The summed E-state index contributed by atoms with van der Waals surface area (Å²) in [5.74, 6) is 0.209. The zero-order valence-corrected chi connectivity index (χ0v) is 20.4. The van der Waals surface area contributed by atoms with Crippen LogP contribution in [-0.4, -0.2) is 39.7 Å². The van der Waals surface area contributed by atoms with E-state index in [2.05, 4.69) is 15.5 Å². The summed E-state index contributed by atoms with van der Waals surface area (Å²) < 4.78 is 31.9. The van der Waals surface area contributed by atoms with E-state index in [1.54, 1.807) is 49.6 Å². The SMILES string of the molecule is COc1ccc2cc(/C=N\NC(=O)c3ccc(N(C)S(=O)(=O)c4ccccc4)cc3)c(Cl)nc2c1. The number of carbonyl (C=O) groups excluding carboxylic acids is 1. The number of halogens is 1. The van der Waals surface area contributed by atoms with E-state index < -0.39 is 15.9 Å². The zero-order chi connectivity index (χ0) is 25.0. The van der Waals surface area contributed by atoms with Crippen molar-refractivity contribution >= 4 is 50.3 Å². The number of nitrogens with zero attached hydrogens (tertiary/aromatic N) is 3. The van der Waals surface area contributed by atoms with E-state index in [1.165, 1.54) is 37.5 Å². The Kier molecular flexibility index (Phi) is 6.99. The van der Waals surface area contributed by atoms with Gasteiger partial charge in [0, 0.05) is 29.6 Å². The Bertz CT molecular complexity index is 1510. The number of fused-ring (bicyclic) bond motifs is 1. The van der Waals surface area contributed by atoms with Gasteiger partial charge in [0.25, 0.3) is 15.9 Å². The lowest BCUT2D eigenvalue weighted by molar-refractivity contribution is 0.0955. The molecule has 0 unspecified atom stereocenters. The maximum absolute atomic E-state index is 12.8. The number of hydrogen-bond donors (Lipinski definition) is 1. The number of hydrogen-bond acceptors (Lipinski definition) is 6. The molecule has 3 aromatic carbocycles. The molecule has 0 aliphatic carbocycles. The number of benzene rings is 3. The second-order valence-corrected chi connectivity index (χ2v) is 9.79. The molecule has 1 heterocycles. The van der Waals surface area contributed by atoms with Crippen molar-refractivity contribution < 1.29 is 17.9 Å². The highest BCUT2D eigenvalue weighted by molar-refractivity contribution is 7.92. The van der Waals surface area contributed by atoms with Crippen LogP contribution in [0.15, 0.2) is 88.9 Å². The minimum atomic E-state index is -3.71. The van der Waals surface area contributed by atoms with Crippen molar-refractivity contribution in [2.24, 2.45) is 5.10 Å². The van der Waals surface area contributed by atoms with Gasteiger partial charge in [0.2, 0.25) is 0 Å². The fraction of sp³-hybridized carbons (Fsp3) is 0.0800. The fourth-order valence-electron chi connectivity index (χ4n) is 3.29. The summed E-state index contributed by atoms with van der Waals surface area (Å²) in [4.78, 5) is 17.0. The number of methoxy groups -OCH3 is 1. The molecule has 1 amide bonds. The highest BCUT2D eigenvalue weighted by atomic mass is 35.5. The first-order chi connectivity index (χ1) is 16.8. The second-order valence-electron chi connectivity index (χ2n) is 7.46. The van der Waals surface area contributed by atoms with E-state index in [4.69, 9.17) is 16.3 Å². The van der Waals surface area contributed by atoms with Gasteiger partial charge < -0.3 is 4.74 Å². The summed E-state index contributed by atoms with van der Waals surface area (Å²) >= 11 is 6.25. The number of nitrogens with one attached hydrogen (secondary N) is 1. The molecule has 0 saturated carbocycles. The van der Waals surface area contributed by atoms with E-state index in [-0.39, 0.29) is 10.0 Å². The summed E-state index contributed by atoms with van der Waals surface area (Å²) in [6.45, 7) is 0. The molecule has 35 heavy (non-hydrogen) atoms. The first-order valence-corrected chi connectivity index (χ1v) is 12.2. The number of carbonyl (C=O) groups is 1. The van der Waals surface area contributed by atoms with Crippen LogP contribution in [0, 0.1) is 0 Å². The second kappa shape index (κ2) is 10.1. The molecule has 178 valence electrons. The van der Waals surface area contributed by atoms with E-state index in [9.17, 15) is 13.2 Å². The van der Waals surface area contributed by atoms with E-state index in [0.717, 1.165) is 9.69 Å². The molecule has 0 aliphatic rings. The Morgan fingerprint density at radius 3 is 2.46 bits per heavy atom. The highest BCUT2D eigenvalue weighted by Crippen LogP contribution is 2.24. The van der Waals surface area contributed by atoms with Gasteiger partial charge in [-0.3, -0.25) is 9.10 Å². The molecule has 0 radical (unpaired) electrons. The normalized spacial score (nSPS) is 11.5. The lowest BCUT2D eigenvalue weighted by Gasteiger charge is -2.19. The molecule has 4 aromatic rings. The lowest BCUT2D eigenvalue weighted by atomic mass is 10.1. The molecular weight excluding hydrogens is 488 g/mol. The van der Waals surface area contributed by atoms with Gasteiger partial charge in [-0.2, -0.15) is 5.10 Å². The van der Waals surface area contributed by atoms with Crippen molar-refractivity contribution in [3.8, 4) is 5.75 Å². The third-order valence-corrected chi connectivity index (χ3v) is 7.37. The molecule has 10 heteroatoms. The predicted octanol–water partition coefficient (Wildman–Crippen LogP) is 4.49. The molecule has 0 bridgehead atoms. The number of aromatic nitrogens is 1. The predicted molar refractivity (Wildman–Crippen MR) is 137 cm³/mol. The van der Waals surface area contributed by atoms with Crippen molar-refractivity contribution in [2.45, 2.75) is 4.90 Å². The monoisotopic (exact) mass is 508 g/mol. The molecule has 0 saturated heterocycles. The summed E-state index contributed by atoms with van der Waals surface area (Å²) in [5, 5.41) is 5.05. The van der Waals surface area contributed by atoms with E-state index in [0.29, 0.717) is 28.1 Å². The number of pyridine rings is 1. The molecular formula is C25H21ClN4O4S. The molecule has 1 aromatic heterocycles. The van der Waals surface area contributed by atoms with Gasteiger partial charge in [0.05, 0.1) is 29.4 Å². The van der Waals surface area contributed by atoms with Crippen LogP contribution in [0.5, 0.6) is 5.75 Å². The van der Waals surface area contributed by atoms with Crippen molar-refractivity contribution in [1.29, 1.82) is 0 Å². The molecule has 1 N–H and O–H groups in total. The third kappa shape index (κ3) is 5.26. The lowest BCUT2D eigenvalue weighted by Crippen LogP contribution is -2.26. The largest absolute Gasteiger partial charge is 0.497 e. The van der Waals surface area contributed by atoms with E-state index in [1.807, 2.05) is 12.1 Å². The molecule has 0 fully saturated rings. The Hall–Kier alpha value is -3.95. The van der Waals surface area contributed by atoms with Crippen molar-refractivity contribution in [3.63, 3.8) is 0 Å². The van der Waals surface area contributed by atoms with Gasteiger partial charge in [-0.1, -0.05) is 29.8 Å². The summed E-state index contributed by atoms with van der Waals surface area (Å²) in [7, 11) is -0.678. The van der Waals surface area contributed by atoms with Crippen molar-refractivity contribution in [2.75, 3.05) is 18.5 Å². The number of anilines is 1. The summed E-state index contributed by atoms with van der Waals surface area (Å²) in [6.07, 6.45) is 1.41. The third-order valence-electron chi connectivity index (χ3n) is 5.27. The van der Waals surface area contributed by atoms with Crippen molar-refractivity contribution in [3.05, 3.63) is 95.1 Å². The quantitative estimate of drug-likeness (QED) is 0.225. The average Bonchev–Trinajstić information content (AvgIpc) is 2.88. The number of rotatable bonds is 7. The standard InChI is InChI=1S/C25H21ClN4O4S/c1-30(35(32,33)22-6-4-3-5-7-22)20-11-8-17(9-12-20)25(31)29-27-16-19-14-18-10-13-21(34-2)15-23(18)28-24(19)26/h3-16H,1-2H3,(H,29,31)/b27-16-. The first-order valence-electron chi connectivity index (χ1n) is 10.4. The summed E-state index contributed by atoms with van der Waals surface area (Å²) in [6, 6.07) is 21.5. The van der Waals surface area contributed by atoms with Gasteiger partial charge in [0.1, 0.15) is 10.9 Å². The van der Waals surface area contributed by atoms with Gasteiger partial charge >= 0.3 is 0 Å². The van der Waals surface area contributed by atoms with Gasteiger partial charge in [0.15, 0.2) is 0 Å². The Morgan fingerprint density at radius 2 is 1.77 bits per heavy atom. The molecule has 4 rings (SSSR count). The Morgan fingerprint density at radius 1 is 1.06 bits per heavy atom.